The first-order valence-corrected chi connectivity index (χ1v) is 8.13. The Morgan fingerprint density at radius 3 is 2.31 bits per heavy atom. The van der Waals surface area contributed by atoms with Gasteiger partial charge in [-0.1, -0.05) is 12.1 Å². The Bertz CT molecular complexity index is 902. The van der Waals surface area contributed by atoms with Crippen LogP contribution in [-0.2, 0) is 9.53 Å². The molecule has 0 fully saturated rings. The number of benzene rings is 2. The Morgan fingerprint density at radius 2 is 1.66 bits per heavy atom. The van der Waals surface area contributed by atoms with Gasteiger partial charge >= 0.3 is 12.6 Å². The summed E-state index contributed by atoms with van der Waals surface area (Å²) in [4.78, 5) is 36.1. The van der Waals surface area contributed by atoms with Crippen molar-refractivity contribution in [3.8, 4) is 17.2 Å². The van der Waals surface area contributed by atoms with E-state index in [9.17, 15) is 23.2 Å². The lowest BCUT2D eigenvalue weighted by atomic mass is 10.2. The summed E-state index contributed by atoms with van der Waals surface area (Å²) in [5.74, 6) is -2.62. The highest BCUT2D eigenvalue weighted by molar-refractivity contribution is 6.07. The maximum absolute atomic E-state index is 12.3. The molecular weight excluding hydrogens is 392 g/mol. The fraction of sp³-hybridized carbons (Fsp3) is 0.211. The molecule has 0 aliphatic rings. The predicted molar refractivity (Wildman–Crippen MR) is 95.4 cm³/mol. The van der Waals surface area contributed by atoms with Gasteiger partial charge in [-0.2, -0.15) is 8.78 Å². The summed E-state index contributed by atoms with van der Waals surface area (Å²) in [7, 11) is 2.58. The Labute approximate surface area is 164 Å². The molecule has 2 aromatic carbocycles. The minimum absolute atomic E-state index is 0.0627. The normalized spacial score (nSPS) is 10.2. The average Bonchev–Trinajstić information content (AvgIpc) is 2.71. The van der Waals surface area contributed by atoms with Crippen LogP contribution in [0.2, 0.25) is 0 Å². The van der Waals surface area contributed by atoms with Crippen LogP contribution in [0.3, 0.4) is 0 Å². The molecule has 0 aliphatic carbocycles. The lowest BCUT2D eigenvalue weighted by Crippen LogP contribution is -2.34. The molecule has 0 saturated carbocycles. The van der Waals surface area contributed by atoms with E-state index in [1.165, 1.54) is 26.4 Å². The van der Waals surface area contributed by atoms with Crippen LogP contribution in [0.25, 0.3) is 0 Å². The van der Waals surface area contributed by atoms with Gasteiger partial charge in [0.25, 0.3) is 11.8 Å². The maximum Gasteiger partial charge on any atom is 0.387 e. The zero-order valence-corrected chi connectivity index (χ0v) is 15.4. The Kier molecular flexibility index (Phi) is 7.47. The molecule has 0 heterocycles. The molecule has 0 saturated heterocycles. The summed E-state index contributed by atoms with van der Waals surface area (Å²) in [6.45, 7) is -3.80. The Balaban J connectivity index is 1.96. The Hall–Kier alpha value is -3.69. The molecule has 29 heavy (non-hydrogen) atoms. The van der Waals surface area contributed by atoms with E-state index in [4.69, 9.17) is 14.2 Å². The predicted octanol–water partition coefficient (Wildman–Crippen LogP) is 2.42. The second-order valence-electron chi connectivity index (χ2n) is 5.40. The van der Waals surface area contributed by atoms with Crippen LogP contribution in [0.1, 0.15) is 20.7 Å². The molecular formula is C19H17F2NO7. The van der Waals surface area contributed by atoms with E-state index in [0.29, 0.717) is 0 Å². The molecule has 0 aliphatic heterocycles. The van der Waals surface area contributed by atoms with E-state index >= 15 is 0 Å². The fourth-order valence-electron chi connectivity index (χ4n) is 2.26. The van der Waals surface area contributed by atoms with Crippen LogP contribution >= 0.6 is 0 Å². The number of amides is 2. The molecule has 0 bridgehead atoms. The second-order valence-corrected chi connectivity index (χ2v) is 5.40. The largest absolute Gasteiger partial charge is 0.496 e. The van der Waals surface area contributed by atoms with E-state index in [0.717, 1.165) is 12.1 Å². The van der Waals surface area contributed by atoms with E-state index in [-0.39, 0.29) is 28.4 Å². The van der Waals surface area contributed by atoms with Gasteiger partial charge in [0.2, 0.25) is 0 Å². The third-order valence-corrected chi connectivity index (χ3v) is 3.55. The summed E-state index contributed by atoms with van der Waals surface area (Å²) >= 11 is 0. The number of carbonyl (C=O) groups is 3. The molecule has 0 atom stereocenters. The van der Waals surface area contributed by atoms with Gasteiger partial charge in [-0.05, 0) is 30.3 Å². The number of ether oxygens (including phenoxy) is 4. The molecule has 2 amide bonds. The highest BCUT2D eigenvalue weighted by atomic mass is 19.3. The highest BCUT2D eigenvalue weighted by Gasteiger charge is 2.18. The third-order valence-electron chi connectivity index (χ3n) is 3.55. The number of para-hydroxylation sites is 1. The van der Waals surface area contributed by atoms with Crippen LogP contribution in [0, 0.1) is 0 Å². The topological polar surface area (TPSA) is 100 Å². The lowest BCUT2D eigenvalue weighted by Gasteiger charge is -2.11. The van der Waals surface area contributed by atoms with Crippen molar-refractivity contribution in [3.05, 3.63) is 53.6 Å². The zero-order valence-electron chi connectivity index (χ0n) is 15.4. The summed E-state index contributed by atoms with van der Waals surface area (Å²) in [5, 5.41) is 2.07. The molecule has 2 aromatic rings. The Morgan fingerprint density at radius 1 is 0.966 bits per heavy atom. The molecule has 10 heteroatoms. The maximum atomic E-state index is 12.3. The van der Waals surface area contributed by atoms with Crippen LogP contribution in [0.5, 0.6) is 17.2 Å². The molecule has 8 nitrogen and oxygen atoms in total. The summed E-state index contributed by atoms with van der Waals surface area (Å²) < 4.78 is 43.7. The number of methoxy groups -OCH3 is 2. The number of halogens is 2. The molecule has 0 aromatic heterocycles. The van der Waals surface area contributed by atoms with Crippen LogP contribution < -0.4 is 19.5 Å². The summed E-state index contributed by atoms with van der Waals surface area (Å²) in [5.41, 5.74) is 0.0707. The van der Waals surface area contributed by atoms with E-state index in [1.807, 2.05) is 0 Å². The summed E-state index contributed by atoms with van der Waals surface area (Å²) in [6.07, 6.45) is 0. The smallest absolute Gasteiger partial charge is 0.387 e. The van der Waals surface area contributed by atoms with E-state index < -0.39 is 31.0 Å². The number of esters is 1. The monoisotopic (exact) mass is 409 g/mol. The number of alkyl halides is 2. The fourth-order valence-corrected chi connectivity index (χ4v) is 2.26. The van der Waals surface area contributed by atoms with Gasteiger partial charge in [0.1, 0.15) is 5.75 Å². The number of nitrogens with one attached hydrogen (secondary N) is 1. The number of hydrogen-bond acceptors (Lipinski definition) is 7. The van der Waals surface area contributed by atoms with Crippen molar-refractivity contribution in [2.24, 2.45) is 0 Å². The lowest BCUT2D eigenvalue weighted by molar-refractivity contribution is -0.123. The molecule has 0 spiro atoms. The van der Waals surface area contributed by atoms with Gasteiger partial charge in [0, 0.05) is 0 Å². The van der Waals surface area contributed by atoms with Gasteiger partial charge in [-0.3, -0.25) is 14.9 Å². The minimum atomic E-state index is -3.06. The summed E-state index contributed by atoms with van der Waals surface area (Å²) in [6, 6.07) is 9.66. The van der Waals surface area contributed by atoms with E-state index in [1.54, 1.807) is 18.2 Å². The molecule has 154 valence electrons. The first-order chi connectivity index (χ1) is 13.8. The van der Waals surface area contributed by atoms with Crippen molar-refractivity contribution in [1.82, 2.24) is 5.32 Å². The molecule has 0 unspecified atom stereocenters. The van der Waals surface area contributed by atoms with Crippen molar-refractivity contribution in [2.45, 2.75) is 6.61 Å². The van der Waals surface area contributed by atoms with Crippen LogP contribution in [-0.4, -0.2) is 45.2 Å². The van der Waals surface area contributed by atoms with Gasteiger partial charge in [-0.15, -0.1) is 0 Å². The van der Waals surface area contributed by atoms with Gasteiger partial charge < -0.3 is 18.9 Å². The number of imide groups is 1. The second kappa shape index (κ2) is 10.0. The zero-order chi connectivity index (χ0) is 21.4. The van der Waals surface area contributed by atoms with Crippen LogP contribution in [0.15, 0.2) is 42.5 Å². The standard InChI is InChI=1S/C19H17F2NO7/c1-26-13-6-4-3-5-12(13)17(24)22-16(23)10-28-18(25)11-7-8-14(29-19(20)21)15(9-11)27-2/h3-9,19H,10H2,1-2H3,(H,22,23,24). The van der Waals surface area contributed by atoms with Crippen molar-refractivity contribution in [3.63, 3.8) is 0 Å². The molecule has 1 N–H and O–H groups in total. The van der Waals surface area contributed by atoms with E-state index in [2.05, 4.69) is 10.1 Å². The molecule has 2 rings (SSSR count). The number of hydrogen-bond donors (Lipinski definition) is 1. The van der Waals surface area contributed by atoms with Gasteiger partial charge in [0.05, 0.1) is 25.3 Å². The van der Waals surface area contributed by atoms with Crippen molar-refractivity contribution in [1.29, 1.82) is 0 Å². The van der Waals surface area contributed by atoms with Gasteiger partial charge in [-0.25, -0.2) is 4.79 Å². The first kappa shape index (κ1) is 21.6. The highest BCUT2D eigenvalue weighted by Crippen LogP contribution is 2.29. The van der Waals surface area contributed by atoms with Crippen molar-refractivity contribution in [2.75, 3.05) is 20.8 Å². The molecule has 0 radical (unpaired) electrons. The number of rotatable bonds is 8. The third kappa shape index (κ3) is 5.89. The van der Waals surface area contributed by atoms with Crippen molar-refractivity contribution >= 4 is 17.8 Å². The minimum Gasteiger partial charge on any atom is -0.496 e. The first-order valence-electron chi connectivity index (χ1n) is 8.13. The number of carbonyl (C=O) groups excluding carboxylic acids is 3. The average molecular weight is 409 g/mol. The van der Waals surface area contributed by atoms with Gasteiger partial charge in [0.15, 0.2) is 18.1 Å². The SMILES string of the molecule is COc1cc(C(=O)OCC(=O)NC(=O)c2ccccc2OC)ccc1OC(F)F. The van der Waals surface area contributed by atoms with Crippen LogP contribution in [0.4, 0.5) is 8.78 Å². The van der Waals surface area contributed by atoms with Crippen molar-refractivity contribution < 1.29 is 42.1 Å². The quantitative estimate of drug-likeness (QED) is 0.669.